The van der Waals surface area contributed by atoms with Crippen molar-refractivity contribution in [3.05, 3.63) is 35.9 Å². The molecule has 0 bridgehead atoms. The summed E-state index contributed by atoms with van der Waals surface area (Å²) in [5, 5.41) is 12.3. The van der Waals surface area contributed by atoms with E-state index >= 15 is 0 Å². The molecule has 0 saturated heterocycles. The molecule has 1 aromatic rings. The Morgan fingerprint density at radius 1 is 1.44 bits per heavy atom. The number of hydrogen-bond acceptors (Lipinski definition) is 4. The first kappa shape index (κ1) is 14.2. The van der Waals surface area contributed by atoms with E-state index < -0.39 is 18.1 Å². The van der Waals surface area contributed by atoms with Gasteiger partial charge in [0.2, 0.25) is 6.41 Å². The van der Waals surface area contributed by atoms with Crippen molar-refractivity contribution in [2.75, 3.05) is 6.61 Å². The highest BCUT2D eigenvalue weighted by Crippen LogP contribution is 2.07. The molecule has 98 valence electrons. The van der Waals surface area contributed by atoms with Crippen LogP contribution in [-0.2, 0) is 20.7 Å². The molecule has 1 amide bonds. The number of hydrogen-bond donors (Lipinski definition) is 2. The Labute approximate surface area is 106 Å². The number of esters is 1. The molecule has 1 rings (SSSR count). The number of benzene rings is 1. The van der Waals surface area contributed by atoms with Crippen LogP contribution < -0.4 is 5.32 Å². The number of carbonyl (C=O) groups is 2. The maximum atomic E-state index is 11.6. The zero-order chi connectivity index (χ0) is 13.4. The number of ether oxygens (including phenoxy) is 1. The average Bonchev–Trinajstić information content (AvgIpc) is 2.37. The Morgan fingerprint density at radius 3 is 2.67 bits per heavy atom. The zero-order valence-electron chi connectivity index (χ0n) is 10.2. The molecule has 0 radical (unpaired) electrons. The summed E-state index contributed by atoms with van der Waals surface area (Å²) in [6, 6.07) is 8.19. The topological polar surface area (TPSA) is 75.6 Å². The number of amides is 1. The standard InChI is InChI=1S/C13H17NO4/c1-2-18-13(17)12(14-9-15)11(16)8-10-6-4-3-5-7-10/h3-7,9,11-12,16H,2,8H2,1H3,(H,14,15). The highest BCUT2D eigenvalue weighted by molar-refractivity contribution is 5.79. The summed E-state index contributed by atoms with van der Waals surface area (Å²) in [5.74, 6) is -0.631. The number of rotatable bonds is 7. The first-order valence-electron chi connectivity index (χ1n) is 5.77. The van der Waals surface area contributed by atoms with Gasteiger partial charge in [-0.1, -0.05) is 30.3 Å². The largest absolute Gasteiger partial charge is 0.464 e. The van der Waals surface area contributed by atoms with Gasteiger partial charge in [-0.15, -0.1) is 0 Å². The Balaban J connectivity index is 2.67. The van der Waals surface area contributed by atoms with Crippen molar-refractivity contribution in [1.29, 1.82) is 0 Å². The van der Waals surface area contributed by atoms with Crippen LogP contribution in [0.15, 0.2) is 30.3 Å². The van der Waals surface area contributed by atoms with Crippen LogP contribution in [0.1, 0.15) is 12.5 Å². The van der Waals surface area contributed by atoms with E-state index in [1.807, 2.05) is 30.3 Å². The van der Waals surface area contributed by atoms with Crippen LogP contribution >= 0.6 is 0 Å². The molecule has 5 heteroatoms. The molecule has 0 fully saturated rings. The second-order valence-electron chi connectivity index (χ2n) is 3.77. The van der Waals surface area contributed by atoms with Crippen LogP contribution in [0.5, 0.6) is 0 Å². The van der Waals surface area contributed by atoms with E-state index in [1.54, 1.807) is 6.92 Å². The summed E-state index contributed by atoms with van der Waals surface area (Å²) in [4.78, 5) is 22.0. The lowest BCUT2D eigenvalue weighted by Crippen LogP contribution is -2.47. The van der Waals surface area contributed by atoms with Crippen molar-refractivity contribution >= 4 is 12.4 Å². The first-order chi connectivity index (χ1) is 8.69. The van der Waals surface area contributed by atoms with Crippen LogP contribution in [0.4, 0.5) is 0 Å². The quantitative estimate of drug-likeness (QED) is 0.538. The third-order valence-corrected chi connectivity index (χ3v) is 2.46. The van der Waals surface area contributed by atoms with Gasteiger partial charge < -0.3 is 15.2 Å². The Hall–Kier alpha value is -1.88. The Kier molecular flexibility index (Phi) is 5.87. The minimum atomic E-state index is -1.04. The van der Waals surface area contributed by atoms with E-state index in [2.05, 4.69) is 5.32 Å². The van der Waals surface area contributed by atoms with Crippen LogP contribution in [0.2, 0.25) is 0 Å². The Bertz CT molecular complexity index is 380. The van der Waals surface area contributed by atoms with Gasteiger partial charge in [0, 0.05) is 6.42 Å². The fourth-order valence-corrected chi connectivity index (χ4v) is 1.61. The molecule has 0 saturated carbocycles. The van der Waals surface area contributed by atoms with Crippen molar-refractivity contribution in [3.63, 3.8) is 0 Å². The lowest BCUT2D eigenvalue weighted by atomic mass is 10.0. The summed E-state index contributed by atoms with van der Waals surface area (Å²) in [6.07, 6.45) is -0.363. The molecule has 5 nitrogen and oxygen atoms in total. The molecule has 0 heterocycles. The van der Waals surface area contributed by atoms with Crippen molar-refractivity contribution in [2.24, 2.45) is 0 Å². The average molecular weight is 251 g/mol. The maximum Gasteiger partial charge on any atom is 0.331 e. The molecule has 18 heavy (non-hydrogen) atoms. The number of aliphatic hydroxyl groups is 1. The normalized spacial score (nSPS) is 13.4. The highest BCUT2D eigenvalue weighted by Gasteiger charge is 2.27. The van der Waals surface area contributed by atoms with E-state index in [9.17, 15) is 14.7 Å². The smallest absolute Gasteiger partial charge is 0.331 e. The lowest BCUT2D eigenvalue weighted by Gasteiger charge is -2.20. The number of aliphatic hydroxyl groups excluding tert-OH is 1. The predicted octanol–water partition coefficient (Wildman–Crippen LogP) is 0.268. The van der Waals surface area contributed by atoms with Gasteiger partial charge >= 0.3 is 5.97 Å². The van der Waals surface area contributed by atoms with E-state index in [-0.39, 0.29) is 13.0 Å². The summed E-state index contributed by atoms with van der Waals surface area (Å²) >= 11 is 0. The molecular formula is C13H17NO4. The first-order valence-corrected chi connectivity index (χ1v) is 5.77. The fraction of sp³-hybridized carbons (Fsp3) is 0.385. The lowest BCUT2D eigenvalue weighted by molar-refractivity contribution is -0.149. The molecule has 0 spiro atoms. The van der Waals surface area contributed by atoms with Gasteiger partial charge in [0.05, 0.1) is 12.7 Å². The molecule has 0 aliphatic rings. The summed E-state index contributed by atoms with van der Waals surface area (Å²) < 4.78 is 4.80. The highest BCUT2D eigenvalue weighted by atomic mass is 16.5. The Morgan fingerprint density at radius 2 is 2.11 bits per heavy atom. The van der Waals surface area contributed by atoms with Gasteiger partial charge in [0.15, 0.2) is 6.04 Å². The molecule has 0 aliphatic carbocycles. The van der Waals surface area contributed by atoms with Crippen molar-refractivity contribution in [3.8, 4) is 0 Å². The third-order valence-electron chi connectivity index (χ3n) is 2.46. The van der Waals surface area contributed by atoms with Crippen molar-refractivity contribution in [2.45, 2.75) is 25.5 Å². The SMILES string of the molecule is CCOC(=O)C(NC=O)C(O)Cc1ccccc1. The van der Waals surface area contributed by atoms with Gasteiger partial charge in [-0.3, -0.25) is 4.79 Å². The maximum absolute atomic E-state index is 11.6. The zero-order valence-corrected chi connectivity index (χ0v) is 10.2. The summed E-state index contributed by atoms with van der Waals surface area (Å²) in [7, 11) is 0. The third kappa shape index (κ3) is 4.18. The molecule has 2 N–H and O–H groups in total. The summed E-state index contributed by atoms with van der Waals surface area (Å²) in [6.45, 7) is 1.87. The van der Waals surface area contributed by atoms with E-state index in [4.69, 9.17) is 4.74 Å². The van der Waals surface area contributed by atoms with E-state index in [1.165, 1.54) is 0 Å². The molecule has 2 unspecified atom stereocenters. The van der Waals surface area contributed by atoms with Crippen LogP contribution in [-0.4, -0.2) is 36.2 Å². The molecule has 0 aromatic heterocycles. The van der Waals surface area contributed by atoms with Crippen LogP contribution in [0, 0.1) is 0 Å². The van der Waals surface area contributed by atoms with Gasteiger partial charge in [-0.05, 0) is 12.5 Å². The summed E-state index contributed by atoms with van der Waals surface area (Å²) in [5.41, 5.74) is 0.881. The second kappa shape index (κ2) is 7.45. The van der Waals surface area contributed by atoms with Gasteiger partial charge in [-0.25, -0.2) is 4.79 Å². The van der Waals surface area contributed by atoms with Gasteiger partial charge in [-0.2, -0.15) is 0 Å². The minimum Gasteiger partial charge on any atom is -0.464 e. The second-order valence-corrected chi connectivity index (χ2v) is 3.77. The number of nitrogens with one attached hydrogen (secondary N) is 1. The molecule has 1 aromatic carbocycles. The van der Waals surface area contributed by atoms with Crippen LogP contribution in [0.25, 0.3) is 0 Å². The predicted molar refractivity (Wildman–Crippen MR) is 65.8 cm³/mol. The minimum absolute atomic E-state index is 0.202. The fourth-order valence-electron chi connectivity index (χ4n) is 1.61. The van der Waals surface area contributed by atoms with Crippen LogP contribution in [0.3, 0.4) is 0 Å². The molecule has 0 aliphatic heterocycles. The molecule has 2 atom stereocenters. The van der Waals surface area contributed by atoms with E-state index in [0.29, 0.717) is 6.41 Å². The molecular weight excluding hydrogens is 234 g/mol. The van der Waals surface area contributed by atoms with E-state index in [0.717, 1.165) is 5.56 Å². The van der Waals surface area contributed by atoms with Gasteiger partial charge in [0.25, 0.3) is 0 Å². The number of carbonyl (C=O) groups excluding carboxylic acids is 2. The van der Waals surface area contributed by atoms with Crippen molar-refractivity contribution < 1.29 is 19.4 Å². The monoisotopic (exact) mass is 251 g/mol. The van der Waals surface area contributed by atoms with Crippen molar-refractivity contribution in [1.82, 2.24) is 5.32 Å². The van der Waals surface area contributed by atoms with Gasteiger partial charge in [0.1, 0.15) is 0 Å².